The van der Waals surface area contributed by atoms with Crippen LogP contribution in [0.5, 0.6) is 0 Å². The van der Waals surface area contributed by atoms with Crippen molar-refractivity contribution in [3.63, 3.8) is 0 Å². The lowest BCUT2D eigenvalue weighted by Gasteiger charge is -2.08. The molecule has 5 nitrogen and oxygen atoms in total. The molecule has 1 heterocycles. The van der Waals surface area contributed by atoms with Gasteiger partial charge in [0.25, 0.3) is 0 Å². The van der Waals surface area contributed by atoms with Gasteiger partial charge in [-0.05, 0) is 19.1 Å². The maximum Gasteiger partial charge on any atom is 0.238 e. The molecular formula is C5H10N4OS2. The highest BCUT2D eigenvalue weighted by molar-refractivity contribution is 7.84. The van der Waals surface area contributed by atoms with Gasteiger partial charge in [0.2, 0.25) is 4.77 Å². The summed E-state index contributed by atoms with van der Waals surface area (Å²) in [5.41, 5.74) is 0. The van der Waals surface area contributed by atoms with Gasteiger partial charge in [0.05, 0.1) is 6.04 Å². The van der Waals surface area contributed by atoms with Gasteiger partial charge in [-0.2, -0.15) is 5.21 Å². The Morgan fingerprint density at radius 2 is 2.50 bits per heavy atom. The highest BCUT2D eigenvalue weighted by atomic mass is 32.2. The lowest BCUT2D eigenvalue weighted by Crippen LogP contribution is -2.14. The number of nitrogens with one attached hydrogen (secondary N) is 1. The lowest BCUT2D eigenvalue weighted by molar-refractivity contribution is 0.511. The molecule has 0 amide bonds. The maximum atomic E-state index is 10.9. The highest BCUT2D eigenvalue weighted by Crippen LogP contribution is 2.03. The number of H-pyrrole nitrogens is 1. The third kappa shape index (κ3) is 2.21. The Balaban J connectivity index is 2.78. The van der Waals surface area contributed by atoms with Crippen molar-refractivity contribution < 1.29 is 4.21 Å². The Morgan fingerprint density at radius 3 is 2.92 bits per heavy atom. The first-order valence-corrected chi connectivity index (χ1v) is 5.54. The fourth-order valence-corrected chi connectivity index (χ4v) is 2.00. The van der Waals surface area contributed by atoms with E-state index in [1.54, 1.807) is 10.9 Å². The summed E-state index contributed by atoms with van der Waals surface area (Å²) in [7, 11) is -0.831. The fourth-order valence-electron chi connectivity index (χ4n) is 0.906. The van der Waals surface area contributed by atoms with Crippen LogP contribution in [0.2, 0.25) is 0 Å². The van der Waals surface area contributed by atoms with Gasteiger partial charge in [0, 0.05) is 22.8 Å². The second-order valence-corrected chi connectivity index (χ2v) is 4.39. The van der Waals surface area contributed by atoms with Crippen LogP contribution in [0.1, 0.15) is 13.0 Å². The number of nitrogens with zero attached hydrogens (tertiary/aromatic N) is 3. The summed E-state index contributed by atoms with van der Waals surface area (Å²) in [4.78, 5) is 0. The van der Waals surface area contributed by atoms with Gasteiger partial charge in [-0.15, -0.1) is 0 Å². The SMILES string of the molecule is CC(CS(C)=O)n1[nH]nnc1=S. The van der Waals surface area contributed by atoms with E-state index in [2.05, 4.69) is 15.5 Å². The molecule has 0 spiro atoms. The number of aromatic nitrogens is 4. The molecule has 12 heavy (non-hydrogen) atoms. The normalized spacial score (nSPS) is 15.8. The van der Waals surface area contributed by atoms with Crippen molar-refractivity contribution in [2.24, 2.45) is 0 Å². The first-order chi connectivity index (χ1) is 5.61. The van der Waals surface area contributed by atoms with Crippen LogP contribution in [0.25, 0.3) is 0 Å². The Morgan fingerprint density at radius 1 is 1.83 bits per heavy atom. The molecule has 2 unspecified atom stereocenters. The third-order valence-corrected chi connectivity index (χ3v) is 2.64. The van der Waals surface area contributed by atoms with Crippen molar-refractivity contribution in [2.45, 2.75) is 13.0 Å². The quantitative estimate of drug-likeness (QED) is 0.721. The molecule has 0 saturated carbocycles. The van der Waals surface area contributed by atoms with Crippen LogP contribution < -0.4 is 0 Å². The molecule has 1 aromatic rings. The topological polar surface area (TPSA) is 63.6 Å². The Bertz CT molecular complexity index is 330. The molecule has 0 saturated heterocycles. The van der Waals surface area contributed by atoms with Crippen LogP contribution in [0.4, 0.5) is 0 Å². The molecule has 68 valence electrons. The first-order valence-electron chi connectivity index (χ1n) is 3.41. The second-order valence-electron chi connectivity index (χ2n) is 2.54. The Kier molecular flexibility index (Phi) is 3.10. The monoisotopic (exact) mass is 206 g/mol. The fraction of sp³-hybridized carbons (Fsp3) is 0.800. The molecular weight excluding hydrogens is 196 g/mol. The van der Waals surface area contributed by atoms with Crippen LogP contribution >= 0.6 is 12.2 Å². The van der Waals surface area contributed by atoms with Gasteiger partial charge in [-0.1, -0.05) is 10.3 Å². The zero-order chi connectivity index (χ0) is 9.14. The van der Waals surface area contributed by atoms with Gasteiger partial charge < -0.3 is 0 Å². The Labute approximate surface area is 77.6 Å². The average Bonchev–Trinajstić information content (AvgIpc) is 2.33. The molecule has 1 aromatic heterocycles. The number of rotatable bonds is 3. The van der Waals surface area contributed by atoms with E-state index in [9.17, 15) is 4.21 Å². The molecule has 0 aliphatic carbocycles. The van der Waals surface area contributed by atoms with Crippen molar-refractivity contribution in [2.75, 3.05) is 12.0 Å². The highest BCUT2D eigenvalue weighted by Gasteiger charge is 2.08. The minimum atomic E-state index is -0.831. The van der Waals surface area contributed by atoms with Gasteiger partial charge in [0.15, 0.2) is 0 Å². The van der Waals surface area contributed by atoms with E-state index in [-0.39, 0.29) is 6.04 Å². The largest absolute Gasteiger partial charge is 0.260 e. The molecule has 0 fully saturated rings. The van der Waals surface area contributed by atoms with Crippen LogP contribution in [0, 0.1) is 4.77 Å². The number of hydrogen-bond acceptors (Lipinski definition) is 4. The summed E-state index contributed by atoms with van der Waals surface area (Å²) in [5, 5.41) is 9.78. The molecule has 0 aliphatic heterocycles. The summed E-state index contributed by atoms with van der Waals surface area (Å²) in [6.45, 7) is 1.91. The van der Waals surface area contributed by atoms with Crippen molar-refractivity contribution in [3.05, 3.63) is 4.77 Å². The first kappa shape index (κ1) is 9.53. The van der Waals surface area contributed by atoms with Crippen LogP contribution in [0.15, 0.2) is 0 Å². The van der Waals surface area contributed by atoms with E-state index in [0.29, 0.717) is 10.5 Å². The van der Waals surface area contributed by atoms with E-state index >= 15 is 0 Å². The van der Waals surface area contributed by atoms with E-state index in [1.165, 1.54) is 0 Å². The molecule has 7 heteroatoms. The number of aromatic amines is 1. The number of hydrogen-bond donors (Lipinski definition) is 1. The summed E-state index contributed by atoms with van der Waals surface area (Å²) in [6.07, 6.45) is 1.66. The van der Waals surface area contributed by atoms with Crippen molar-refractivity contribution in [1.29, 1.82) is 0 Å². The molecule has 0 aliphatic rings. The maximum absolute atomic E-state index is 10.9. The van der Waals surface area contributed by atoms with Crippen LogP contribution in [-0.2, 0) is 10.8 Å². The minimum absolute atomic E-state index is 0.0540. The van der Waals surface area contributed by atoms with Gasteiger partial charge >= 0.3 is 0 Å². The van der Waals surface area contributed by atoms with E-state index in [0.717, 1.165) is 0 Å². The van der Waals surface area contributed by atoms with Crippen molar-refractivity contribution in [1.82, 2.24) is 20.2 Å². The second kappa shape index (κ2) is 3.90. The molecule has 0 bridgehead atoms. The summed E-state index contributed by atoms with van der Waals surface area (Å²) in [5.74, 6) is 0.554. The summed E-state index contributed by atoms with van der Waals surface area (Å²) in [6, 6.07) is 0.0540. The zero-order valence-electron chi connectivity index (χ0n) is 6.85. The average molecular weight is 206 g/mol. The van der Waals surface area contributed by atoms with Gasteiger partial charge in [0.1, 0.15) is 0 Å². The predicted octanol–water partition coefficient (Wildman–Crippen LogP) is 0.275. The molecule has 1 rings (SSSR count). The van der Waals surface area contributed by atoms with E-state index in [1.807, 2.05) is 6.92 Å². The summed E-state index contributed by atoms with van der Waals surface area (Å²) >= 11 is 4.87. The van der Waals surface area contributed by atoms with Gasteiger partial charge in [-0.25, -0.2) is 4.68 Å². The number of tetrazole rings is 1. The van der Waals surface area contributed by atoms with Crippen molar-refractivity contribution in [3.8, 4) is 0 Å². The third-order valence-electron chi connectivity index (χ3n) is 1.41. The lowest BCUT2D eigenvalue weighted by atomic mass is 10.4. The van der Waals surface area contributed by atoms with E-state index < -0.39 is 10.8 Å². The standard InChI is InChI=1S/C5H10N4OS2/c1-4(3-12(2)10)9-5(11)6-7-8-9/h4H,3H2,1-2H3,(H,6,8,11). The molecule has 0 radical (unpaired) electrons. The minimum Gasteiger partial charge on any atom is -0.260 e. The van der Waals surface area contributed by atoms with Crippen LogP contribution in [-0.4, -0.2) is 36.4 Å². The van der Waals surface area contributed by atoms with Crippen LogP contribution in [0.3, 0.4) is 0 Å². The smallest absolute Gasteiger partial charge is 0.238 e. The van der Waals surface area contributed by atoms with Crippen molar-refractivity contribution >= 4 is 23.0 Å². The predicted molar refractivity (Wildman–Crippen MR) is 48.9 cm³/mol. The zero-order valence-corrected chi connectivity index (χ0v) is 8.48. The van der Waals surface area contributed by atoms with Gasteiger partial charge in [-0.3, -0.25) is 4.21 Å². The van der Waals surface area contributed by atoms with E-state index in [4.69, 9.17) is 12.2 Å². The molecule has 0 aromatic carbocycles. The molecule has 1 N–H and O–H groups in total. The Hall–Kier alpha value is -0.560. The summed E-state index contributed by atoms with van der Waals surface area (Å²) < 4.78 is 12.9. The molecule has 2 atom stereocenters.